The number of nitrogens with zero attached hydrogens (tertiary/aromatic N) is 1. The monoisotopic (exact) mass is 358 g/mol. The second kappa shape index (κ2) is 5.86. The Bertz CT molecular complexity index is 975. The smallest absolute Gasteiger partial charge is 0.423 e. The molecule has 3 aromatic rings. The van der Waals surface area contributed by atoms with Crippen LogP contribution in [0.15, 0.2) is 30.3 Å². The molecule has 120 valence electrons. The van der Waals surface area contributed by atoms with Crippen molar-refractivity contribution < 1.29 is 14.5 Å². The fourth-order valence-corrected chi connectivity index (χ4v) is 3.93. The molecule has 0 unspecified atom stereocenters. The Kier molecular flexibility index (Phi) is 3.81. The fraction of sp³-hybridized carbons (Fsp3) is 0.125. The van der Waals surface area contributed by atoms with Gasteiger partial charge in [-0.05, 0) is 41.7 Å². The Hall–Kier alpha value is -1.93. The molecule has 5 nitrogen and oxygen atoms in total. The number of thiazole rings is 1. The van der Waals surface area contributed by atoms with Crippen molar-refractivity contribution in [2.75, 3.05) is 5.32 Å². The molecule has 1 aromatic heterocycles. The van der Waals surface area contributed by atoms with Crippen LogP contribution in [0.3, 0.4) is 0 Å². The molecule has 1 aliphatic heterocycles. The van der Waals surface area contributed by atoms with Crippen molar-refractivity contribution in [3.8, 4) is 0 Å². The van der Waals surface area contributed by atoms with Crippen molar-refractivity contribution in [1.82, 2.24) is 4.98 Å². The number of nitrogens with one attached hydrogen (secondary N) is 1. The normalized spacial score (nSPS) is 13.4. The zero-order valence-electron chi connectivity index (χ0n) is 12.7. The Morgan fingerprint density at radius 3 is 3.08 bits per heavy atom. The summed E-state index contributed by atoms with van der Waals surface area (Å²) in [6, 6.07) is 9.13. The molecule has 8 heteroatoms. The molecule has 0 bridgehead atoms. The van der Waals surface area contributed by atoms with Crippen LogP contribution in [0.5, 0.6) is 0 Å². The third-order valence-corrected chi connectivity index (χ3v) is 5.23. The van der Waals surface area contributed by atoms with Gasteiger partial charge < -0.3 is 9.68 Å². The first-order valence-electron chi connectivity index (χ1n) is 7.32. The minimum atomic E-state index is -1.02. The summed E-state index contributed by atoms with van der Waals surface area (Å²) >= 11 is 7.61. The van der Waals surface area contributed by atoms with Crippen molar-refractivity contribution in [2.24, 2.45) is 0 Å². The summed E-state index contributed by atoms with van der Waals surface area (Å²) < 4.78 is 6.15. The van der Waals surface area contributed by atoms with Crippen molar-refractivity contribution in [2.45, 2.75) is 13.5 Å². The van der Waals surface area contributed by atoms with E-state index in [1.165, 1.54) is 11.3 Å². The number of para-hydroxylation sites is 1. The highest BCUT2D eigenvalue weighted by molar-refractivity contribution is 7.22. The number of anilines is 1. The Morgan fingerprint density at radius 1 is 1.46 bits per heavy atom. The largest absolute Gasteiger partial charge is 0.491 e. The number of hydrogen-bond donors (Lipinski definition) is 2. The summed E-state index contributed by atoms with van der Waals surface area (Å²) in [5, 5.41) is 13.4. The van der Waals surface area contributed by atoms with Crippen LogP contribution < -0.4 is 10.8 Å². The molecule has 2 N–H and O–H groups in total. The van der Waals surface area contributed by atoms with Gasteiger partial charge in [0, 0.05) is 0 Å². The molecule has 0 aliphatic carbocycles. The zero-order chi connectivity index (χ0) is 16.8. The molecule has 24 heavy (non-hydrogen) atoms. The van der Waals surface area contributed by atoms with Gasteiger partial charge in [0.05, 0.1) is 27.4 Å². The summed E-state index contributed by atoms with van der Waals surface area (Å²) in [7, 11) is -1.02. The summed E-state index contributed by atoms with van der Waals surface area (Å²) in [6.45, 7) is 2.27. The van der Waals surface area contributed by atoms with E-state index in [0.717, 1.165) is 21.3 Å². The van der Waals surface area contributed by atoms with E-state index in [0.29, 0.717) is 15.6 Å². The van der Waals surface area contributed by atoms with Gasteiger partial charge in [0.15, 0.2) is 5.13 Å². The van der Waals surface area contributed by atoms with Gasteiger partial charge in [0.2, 0.25) is 0 Å². The van der Waals surface area contributed by atoms with Crippen molar-refractivity contribution in [1.29, 1.82) is 0 Å². The summed E-state index contributed by atoms with van der Waals surface area (Å²) in [4.78, 5) is 17.0. The van der Waals surface area contributed by atoms with Gasteiger partial charge in [-0.2, -0.15) is 0 Å². The van der Waals surface area contributed by atoms with Crippen LogP contribution in [0.4, 0.5) is 5.13 Å². The molecule has 0 radical (unpaired) electrons. The summed E-state index contributed by atoms with van der Waals surface area (Å²) in [5.41, 5.74) is 3.59. The van der Waals surface area contributed by atoms with Crippen LogP contribution in [0, 0.1) is 6.92 Å². The Labute approximate surface area is 147 Å². The maximum Gasteiger partial charge on any atom is 0.491 e. The number of halogens is 1. The molecule has 0 saturated carbocycles. The first-order chi connectivity index (χ1) is 11.5. The molecular formula is C16H12BClN2O3S. The number of amides is 1. The number of benzene rings is 2. The van der Waals surface area contributed by atoms with Crippen molar-refractivity contribution in [3.05, 3.63) is 52.0 Å². The second-order valence-electron chi connectivity index (χ2n) is 5.59. The number of carbonyl (C=O) groups is 1. The van der Waals surface area contributed by atoms with E-state index >= 15 is 0 Å². The second-order valence-corrected chi connectivity index (χ2v) is 7.03. The average Bonchev–Trinajstić information content (AvgIpc) is 3.11. The van der Waals surface area contributed by atoms with E-state index in [1.54, 1.807) is 12.1 Å². The van der Waals surface area contributed by atoms with Crippen LogP contribution >= 0.6 is 22.9 Å². The zero-order valence-corrected chi connectivity index (χ0v) is 14.2. The van der Waals surface area contributed by atoms with Crippen molar-refractivity contribution in [3.63, 3.8) is 0 Å². The van der Waals surface area contributed by atoms with Gasteiger partial charge in [-0.3, -0.25) is 10.1 Å². The number of rotatable bonds is 2. The van der Waals surface area contributed by atoms with E-state index in [4.69, 9.17) is 16.3 Å². The predicted molar refractivity (Wildman–Crippen MR) is 96.2 cm³/mol. The van der Waals surface area contributed by atoms with Crippen LogP contribution in [0.2, 0.25) is 5.02 Å². The van der Waals surface area contributed by atoms with Gasteiger partial charge in [0.25, 0.3) is 5.91 Å². The predicted octanol–water partition coefficient (Wildman–Crippen LogP) is 2.73. The van der Waals surface area contributed by atoms with Crippen LogP contribution in [0.25, 0.3) is 10.2 Å². The van der Waals surface area contributed by atoms with Crippen molar-refractivity contribution >= 4 is 56.8 Å². The lowest BCUT2D eigenvalue weighted by Crippen LogP contribution is -2.29. The molecular weight excluding hydrogens is 347 g/mol. The molecule has 0 fully saturated rings. The number of carbonyl (C=O) groups excluding carboxylic acids is 1. The molecule has 0 spiro atoms. The third kappa shape index (κ3) is 2.59. The third-order valence-electron chi connectivity index (χ3n) is 3.98. The summed E-state index contributed by atoms with van der Waals surface area (Å²) in [5.74, 6) is -0.362. The lowest BCUT2D eigenvalue weighted by atomic mass is 9.78. The van der Waals surface area contributed by atoms with E-state index in [-0.39, 0.29) is 18.1 Å². The van der Waals surface area contributed by atoms with E-state index < -0.39 is 7.12 Å². The number of fused-ring (bicyclic) bond motifs is 2. The highest BCUT2D eigenvalue weighted by Gasteiger charge is 2.29. The Morgan fingerprint density at radius 2 is 2.29 bits per heavy atom. The molecule has 2 heterocycles. The van der Waals surface area contributed by atoms with Crippen LogP contribution in [-0.4, -0.2) is 23.0 Å². The minimum absolute atomic E-state index is 0.287. The molecule has 2 aromatic carbocycles. The van der Waals surface area contributed by atoms with Gasteiger partial charge in [-0.25, -0.2) is 4.98 Å². The highest BCUT2D eigenvalue weighted by atomic mass is 35.5. The SMILES string of the molecule is Cc1cccc2sc(NC(=O)c3cc4c(cc3Cl)COB4O)nc12. The maximum atomic E-state index is 12.6. The quantitative estimate of drug-likeness (QED) is 0.691. The molecule has 1 aliphatic rings. The van der Waals surface area contributed by atoms with Crippen LogP contribution in [-0.2, 0) is 11.3 Å². The molecule has 4 rings (SSSR count). The minimum Gasteiger partial charge on any atom is -0.423 e. The van der Waals surface area contributed by atoms with E-state index in [1.807, 2.05) is 25.1 Å². The van der Waals surface area contributed by atoms with E-state index in [9.17, 15) is 9.82 Å². The first kappa shape index (κ1) is 15.6. The van der Waals surface area contributed by atoms with E-state index in [2.05, 4.69) is 10.3 Å². The number of aryl methyl sites for hydroxylation is 1. The lowest BCUT2D eigenvalue weighted by molar-refractivity contribution is 0.102. The summed E-state index contributed by atoms with van der Waals surface area (Å²) in [6.07, 6.45) is 0. The Balaban J connectivity index is 1.66. The van der Waals surface area contributed by atoms with Gasteiger partial charge >= 0.3 is 7.12 Å². The topological polar surface area (TPSA) is 71.5 Å². The lowest BCUT2D eigenvalue weighted by Gasteiger charge is -2.07. The number of aromatic nitrogens is 1. The van der Waals surface area contributed by atoms with Crippen LogP contribution in [0.1, 0.15) is 21.5 Å². The molecule has 0 atom stereocenters. The van der Waals surface area contributed by atoms with Gasteiger partial charge in [-0.1, -0.05) is 35.1 Å². The molecule has 0 saturated heterocycles. The van der Waals surface area contributed by atoms with Gasteiger partial charge in [0.1, 0.15) is 0 Å². The molecule has 1 amide bonds. The maximum absolute atomic E-state index is 12.6. The number of hydrogen-bond acceptors (Lipinski definition) is 5. The fourth-order valence-electron chi connectivity index (χ4n) is 2.72. The first-order valence-corrected chi connectivity index (χ1v) is 8.52. The van der Waals surface area contributed by atoms with Gasteiger partial charge in [-0.15, -0.1) is 0 Å². The highest BCUT2D eigenvalue weighted by Crippen LogP contribution is 2.29. The average molecular weight is 359 g/mol. The standard InChI is InChI=1S/C16H12BClN2O3S/c1-8-3-2-4-13-14(8)19-16(24-13)20-15(21)10-6-11-9(5-12(10)18)7-23-17(11)22/h2-6,22H,7H2,1H3,(H,19,20,21).